The summed E-state index contributed by atoms with van der Waals surface area (Å²) in [4.78, 5) is 0. The number of para-hydroxylation sites is 1. The van der Waals surface area contributed by atoms with Gasteiger partial charge in [-0.2, -0.15) is 0 Å². The van der Waals surface area contributed by atoms with Gasteiger partial charge in [0.1, 0.15) is 5.75 Å². The number of ether oxygens (including phenoxy) is 1. The van der Waals surface area contributed by atoms with Crippen LogP contribution in [0.3, 0.4) is 0 Å². The van der Waals surface area contributed by atoms with Crippen molar-refractivity contribution in [1.29, 1.82) is 0 Å². The van der Waals surface area contributed by atoms with Crippen LogP contribution in [0.1, 0.15) is 51.0 Å². The van der Waals surface area contributed by atoms with Gasteiger partial charge in [-0.05, 0) is 43.2 Å². The van der Waals surface area contributed by atoms with E-state index in [1.807, 2.05) is 0 Å². The van der Waals surface area contributed by atoms with E-state index in [2.05, 4.69) is 38.1 Å². The van der Waals surface area contributed by atoms with Crippen molar-refractivity contribution in [3.8, 4) is 5.75 Å². The van der Waals surface area contributed by atoms with Gasteiger partial charge in [-0.3, -0.25) is 0 Å². The first-order valence-electron chi connectivity index (χ1n) is 6.68. The van der Waals surface area contributed by atoms with Crippen LogP contribution < -0.4 is 10.5 Å². The van der Waals surface area contributed by atoms with E-state index in [4.69, 9.17) is 10.5 Å². The molecule has 0 atom stereocenters. The van der Waals surface area contributed by atoms with Gasteiger partial charge in [-0.25, -0.2) is 0 Å². The van der Waals surface area contributed by atoms with Crippen LogP contribution in [0, 0.1) is 0 Å². The van der Waals surface area contributed by atoms with Gasteiger partial charge < -0.3 is 10.5 Å². The molecule has 0 bridgehead atoms. The Balaban J connectivity index is 2.03. The fourth-order valence-electron chi connectivity index (χ4n) is 2.45. The molecule has 2 N–H and O–H groups in total. The lowest BCUT2D eigenvalue weighted by Gasteiger charge is -2.28. The lowest BCUT2D eigenvalue weighted by Crippen LogP contribution is -2.31. The van der Waals surface area contributed by atoms with Crippen LogP contribution in [0.2, 0.25) is 0 Å². The molecule has 94 valence electrons. The molecule has 0 aliphatic heterocycles. The average molecular weight is 233 g/mol. The van der Waals surface area contributed by atoms with Gasteiger partial charge in [0, 0.05) is 6.04 Å². The minimum Gasteiger partial charge on any atom is -0.490 e. The molecule has 1 aliphatic carbocycles. The smallest absolute Gasteiger partial charge is 0.123 e. The Morgan fingerprint density at radius 2 is 1.76 bits per heavy atom. The van der Waals surface area contributed by atoms with Crippen LogP contribution in [-0.2, 0) is 0 Å². The third-order valence-electron chi connectivity index (χ3n) is 3.55. The first-order chi connectivity index (χ1) is 8.16. The summed E-state index contributed by atoms with van der Waals surface area (Å²) >= 11 is 0. The number of hydrogen-bond donors (Lipinski definition) is 1. The first kappa shape index (κ1) is 12.4. The monoisotopic (exact) mass is 233 g/mol. The van der Waals surface area contributed by atoms with Crippen LogP contribution in [0.15, 0.2) is 24.3 Å². The van der Waals surface area contributed by atoms with Crippen molar-refractivity contribution in [2.75, 3.05) is 0 Å². The van der Waals surface area contributed by atoms with Gasteiger partial charge in [0.25, 0.3) is 0 Å². The molecule has 0 saturated heterocycles. The summed E-state index contributed by atoms with van der Waals surface area (Å²) in [6.07, 6.45) is 4.72. The molecule has 0 aromatic heterocycles. The minimum absolute atomic E-state index is 0.356. The molecule has 17 heavy (non-hydrogen) atoms. The van der Waals surface area contributed by atoms with E-state index in [0.717, 1.165) is 31.4 Å². The standard InChI is InChI=1S/C15H23NO/c1-11(2)14-5-3-4-6-15(14)17-13-9-7-12(16)8-10-13/h3-6,11-13H,7-10,16H2,1-2H3. The van der Waals surface area contributed by atoms with E-state index in [9.17, 15) is 0 Å². The van der Waals surface area contributed by atoms with Crippen LogP contribution in [0.25, 0.3) is 0 Å². The number of rotatable bonds is 3. The number of hydrogen-bond acceptors (Lipinski definition) is 2. The van der Waals surface area contributed by atoms with Gasteiger partial charge in [0.2, 0.25) is 0 Å². The highest BCUT2D eigenvalue weighted by Gasteiger charge is 2.20. The summed E-state index contributed by atoms with van der Waals surface area (Å²) < 4.78 is 6.14. The molecule has 2 rings (SSSR count). The highest BCUT2D eigenvalue weighted by molar-refractivity contribution is 5.35. The Morgan fingerprint density at radius 1 is 1.12 bits per heavy atom. The molecule has 1 saturated carbocycles. The Morgan fingerprint density at radius 3 is 2.41 bits per heavy atom. The highest BCUT2D eigenvalue weighted by atomic mass is 16.5. The van der Waals surface area contributed by atoms with Crippen LogP contribution in [-0.4, -0.2) is 12.1 Å². The summed E-state index contributed by atoms with van der Waals surface area (Å²) in [5.74, 6) is 1.57. The lowest BCUT2D eigenvalue weighted by molar-refractivity contribution is 0.145. The summed E-state index contributed by atoms with van der Waals surface area (Å²) in [6.45, 7) is 4.41. The Hall–Kier alpha value is -1.02. The Labute approximate surface area is 104 Å². The molecule has 2 heteroatoms. The molecule has 1 aromatic rings. The van der Waals surface area contributed by atoms with E-state index < -0.39 is 0 Å². The van der Waals surface area contributed by atoms with E-state index >= 15 is 0 Å². The van der Waals surface area contributed by atoms with Gasteiger partial charge in [-0.15, -0.1) is 0 Å². The van der Waals surface area contributed by atoms with E-state index in [1.165, 1.54) is 5.56 Å². The SMILES string of the molecule is CC(C)c1ccccc1OC1CCC(N)CC1. The molecule has 1 fully saturated rings. The third-order valence-corrected chi connectivity index (χ3v) is 3.55. The van der Waals surface area contributed by atoms with Crippen LogP contribution in [0.4, 0.5) is 0 Å². The highest BCUT2D eigenvalue weighted by Crippen LogP contribution is 2.29. The fourth-order valence-corrected chi connectivity index (χ4v) is 2.45. The summed E-state index contributed by atoms with van der Waals surface area (Å²) in [5.41, 5.74) is 7.22. The zero-order valence-corrected chi connectivity index (χ0v) is 10.9. The minimum atomic E-state index is 0.356. The molecule has 0 heterocycles. The van der Waals surface area contributed by atoms with Crippen molar-refractivity contribution >= 4 is 0 Å². The molecule has 2 nitrogen and oxygen atoms in total. The van der Waals surface area contributed by atoms with Crippen LogP contribution in [0.5, 0.6) is 5.75 Å². The van der Waals surface area contributed by atoms with Crippen LogP contribution >= 0.6 is 0 Å². The summed E-state index contributed by atoms with van der Waals surface area (Å²) in [6, 6.07) is 8.77. The predicted molar refractivity (Wildman–Crippen MR) is 71.4 cm³/mol. The van der Waals surface area contributed by atoms with Gasteiger partial charge in [-0.1, -0.05) is 32.0 Å². The van der Waals surface area contributed by atoms with Gasteiger partial charge in [0.15, 0.2) is 0 Å². The second kappa shape index (κ2) is 5.54. The van der Waals surface area contributed by atoms with Crippen molar-refractivity contribution in [1.82, 2.24) is 0 Å². The lowest BCUT2D eigenvalue weighted by atomic mass is 9.93. The van der Waals surface area contributed by atoms with Crippen molar-refractivity contribution in [3.05, 3.63) is 29.8 Å². The maximum absolute atomic E-state index is 6.14. The molecule has 0 amide bonds. The van der Waals surface area contributed by atoms with Crippen molar-refractivity contribution in [3.63, 3.8) is 0 Å². The number of benzene rings is 1. The summed E-state index contributed by atoms with van der Waals surface area (Å²) in [5, 5.41) is 0. The molecular formula is C15H23NO. The molecule has 1 aromatic carbocycles. The third kappa shape index (κ3) is 3.22. The normalized spacial score (nSPS) is 24.9. The Bertz CT molecular complexity index is 354. The van der Waals surface area contributed by atoms with E-state index in [-0.39, 0.29) is 0 Å². The van der Waals surface area contributed by atoms with Gasteiger partial charge >= 0.3 is 0 Å². The van der Waals surface area contributed by atoms with E-state index in [0.29, 0.717) is 18.1 Å². The van der Waals surface area contributed by atoms with Crippen molar-refractivity contribution in [2.45, 2.75) is 57.6 Å². The molecule has 1 aliphatic rings. The van der Waals surface area contributed by atoms with Crippen molar-refractivity contribution < 1.29 is 4.74 Å². The number of nitrogens with two attached hydrogens (primary N) is 1. The zero-order valence-electron chi connectivity index (χ0n) is 10.9. The second-order valence-electron chi connectivity index (χ2n) is 5.35. The molecule has 0 unspecified atom stereocenters. The predicted octanol–water partition coefficient (Wildman–Crippen LogP) is 3.46. The summed E-state index contributed by atoms with van der Waals surface area (Å²) in [7, 11) is 0. The maximum Gasteiger partial charge on any atom is 0.123 e. The zero-order chi connectivity index (χ0) is 12.3. The largest absolute Gasteiger partial charge is 0.490 e. The fraction of sp³-hybridized carbons (Fsp3) is 0.600. The quantitative estimate of drug-likeness (QED) is 0.867. The first-order valence-corrected chi connectivity index (χ1v) is 6.68. The van der Waals surface area contributed by atoms with Gasteiger partial charge in [0.05, 0.1) is 6.10 Å². The topological polar surface area (TPSA) is 35.2 Å². The second-order valence-corrected chi connectivity index (χ2v) is 5.35. The molecule has 0 radical (unpaired) electrons. The molecular weight excluding hydrogens is 210 g/mol. The maximum atomic E-state index is 6.14. The Kier molecular flexibility index (Phi) is 4.06. The van der Waals surface area contributed by atoms with E-state index in [1.54, 1.807) is 0 Å². The van der Waals surface area contributed by atoms with Crippen molar-refractivity contribution in [2.24, 2.45) is 5.73 Å². The molecule has 0 spiro atoms. The average Bonchev–Trinajstić information content (AvgIpc) is 2.32.